The topological polar surface area (TPSA) is 79.5 Å². The highest BCUT2D eigenvalue weighted by atomic mass is 32.1. The Morgan fingerprint density at radius 3 is 2.89 bits per heavy atom. The minimum atomic E-state index is -1.08. The van der Waals surface area contributed by atoms with Gasteiger partial charge >= 0.3 is 5.97 Å². The van der Waals surface area contributed by atoms with E-state index in [4.69, 9.17) is 9.63 Å². The van der Waals surface area contributed by atoms with Crippen molar-refractivity contribution in [3.05, 3.63) is 33.6 Å². The van der Waals surface area contributed by atoms with Crippen LogP contribution in [-0.2, 0) is 13.1 Å². The zero-order valence-electron chi connectivity index (χ0n) is 10.1. The Morgan fingerprint density at radius 1 is 1.56 bits per heavy atom. The van der Waals surface area contributed by atoms with E-state index in [0.717, 1.165) is 12.2 Å². The summed E-state index contributed by atoms with van der Waals surface area (Å²) in [5.41, 5.74) is 2.78. The molecule has 0 atom stereocenters. The maximum absolute atomic E-state index is 10.7. The monoisotopic (exact) mass is 267 g/mol. The van der Waals surface area contributed by atoms with E-state index in [1.807, 2.05) is 24.4 Å². The molecule has 6 nitrogen and oxygen atoms in total. The molecule has 96 valence electrons. The molecule has 18 heavy (non-hydrogen) atoms. The first kappa shape index (κ1) is 12.7. The Kier molecular flexibility index (Phi) is 3.73. The van der Waals surface area contributed by atoms with Gasteiger partial charge in [0.1, 0.15) is 0 Å². The summed E-state index contributed by atoms with van der Waals surface area (Å²) >= 11 is 1.61. The van der Waals surface area contributed by atoms with Crippen LogP contribution in [0.2, 0.25) is 0 Å². The lowest BCUT2D eigenvalue weighted by molar-refractivity contribution is 0.0685. The number of aromatic nitrogens is 2. The summed E-state index contributed by atoms with van der Waals surface area (Å²) in [6.45, 7) is 3.23. The van der Waals surface area contributed by atoms with Gasteiger partial charge < -0.3 is 9.63 Å². The van der Waals surface area contributed by atoms with Crippen molar-refractivity contribution in [3.8, 4) is 0 Å². The molecule has 0 aliphatic carbocycles. The van der Waals surface area contributed by atoms with E-state index in [2.05, 4.69) is 10.1 Å². The Morgan fingerprint density at radius 2 is 2.33 bits per heavy atom. The summed E-state index contributed by atoms with van der Waals surface area (Å²) in [5, 5.41) is 12.2. The molecule has 0 unspecified atom stereocenters. The van der Waals surface area contributed by atoms with Gasteiger partial charge in [-0.25, -0.2) is 9.78 Å². The van der Waals surface area contributed by atoms with Crippen LogP contribution in [0.15, 0.2) is 16.1 Å². The van der Waals surface area contributed by atoms with Gasteiger partial charge in [0.05, 0.1) is 17.7 Å². The van der Waals surface area contributed by atoms with Crippen LogP contribution in [-0.4, -0.2) is 33.2 Å². The number of hydrogen-bond acceptors (Lipinski definition) is 6. The predicted molar refractivity (Wildman–Crippen MR) is 65.5 cm³/mol. The van der Waals surface area contributed by atoms with Crippen molar-refractivity contribution < 1.29 is 14.4 Å². The number of aryl methyl sites for hydroxylation is 1. The molecule has 0 fully saturated rings. The number of hydrogen-bond donors (Lipinski definition) is 1. The summed E-state index contributed by atoms with van der Waals surface area (Å²) < 4.78 is 4.96. The van der Waals surface area contributed by atoms with Gasteiger partial charge in [-0.15, -0.1) is 11.3 Å². The second-order valence-electron chi connectivity index (χ2n) is 4.02. The van der Waals surface area contributed by atoms with Crippen LogP contribution in [0.5, 0.6) is 0 Å². The van der Waals surface area contributed by atoms with Crippen molar-refractivity contribution in [1.82, 2.24) is 15.0 Å². The Hall–Kier alpha value is -1.73. The van der Waals surface area contributed by atoms with Crippen LogP contribution in [0.4, 0.5) is 0 Å². The minimum absolute atomic E-state index is 0.0626. The fourth-order valence-corrected chi connectivity index (χ4v) is 2.39. The van der Waals surface area contributed by atoms with E-state index < -0.39 is 5.97 Å². The zero-order chi connectivity index (χ0) is 13.1. The largest absolute Gasteiger partial charge is 0.476 e. The zero-order valence-corrected chi connectivity index (χ0v) is 10.9. The smallest absolute Gasteiger partial charge is 0.358 e. The van der Waals surface area contributed by atoms with Crippen molar-refractivity contribution in [2.24, 2.45) is 0 Å². The van der Waals surface area contributed by atoms with Crippen LogP contribution >= 0.6 is 11.3 Å². The van der Waals surface area contributed by atoms with E-state index in [1.54, 1.807) is 11.3 Å². The average Bonchev–Trinajstić information content (AvgIpc) is 2.89. The van der Waals surface area contributed by atoms with Gasteiger partial charge in [0, 0.05) is 17.5 Å². The third-order valence-electron chi connectivity index (χ3n) is 2.46. The van der Waals surface area contributed by atoms with E-state index in [0.29, 0.717) is 12.3 Å². The van der Waals surface area contributed by atoms with Crippen LogP contribution in [0, 0.1) is 6.92 Å². The van der Waals surface area contributed by atoms with Gasteiger partial charge in [0.2, 0.25) is 0 Å². The summed E-state index contributed by atoms with van der Waals surface area (Å²) in [5.74, 6) is -0.539. The second kappa shape index (κ2) is 5.28. The van der Waals surface area contributed by atoms with Gasteiger partial charge in [-0.05, 0) is 14.0 Å². The Bertz CT molecular complexity index is 549. The van der Waals surface area contributed by atoms with E-state index in [1.165, 1.54) is 10.9 Å². The number of carbonyl (C=O) groups is 1. The summed E-state index contributed by atoms with van der Waals surface area (Å²) in [4.78, 5) is 18.1. The number of thiazole rings is 1. The lowest BCUT2D eigenvalue weighted by Gasteiger charge is -2.13. The fourth-order valence-electron chi connectivity index (χ4n) is 1.53. The average molecular weight is 267 g/mol. The van der Waals surface area contributed by atoms with Gasteiger partial charge in [-0.2, -0.15) is 0 Å². The quantitative estimate of drug-likeness (QED) is 0.889. The normalized spacial score (nSPS) is 11.1. The molecule has 0 saturated heterocycles. The van der Waals surface area contributed by atoms with Gasteiger partial charge in [-0.3, -0.25) is 4.90 Å². The predicted octanol–water partition coefficient (Wildman–Crippen LogP) is 1.77. The number of carboxylic acids is 1. The molecule has 2 heterocycles. The third kappa shape index (κ3) is 2.93. The van der Waals surface area contributed by atoms with Crippen LogP contribution in [0.25, 0.3) is 0 Å². The fraction of sp³-hybridized carbons (Fsp3) is 0.364. The molecule has 2 rings (SSSR count). The molecule has 0 radical (unpaired) electrons. The molecular formula is C11H13N3O3S. The molecule has 0 aromatic carbocycles. The van der Waals surface area contributed by atoms with Gasteiger partial charge in [0.15, 0.2) is 11.5 Å². The third-order valence-corrected chi connectivity index (χ3v) is 3.38. The summed E-state index contributed by atoms with van der Waals surface area (Å²) in [7, 11) is 1.93. The first-order valence-electron chi connectivity index (χ1n) is 5.32. The Labute approximate surface area is 108 Å². The van der Waals surface area contributed by atoms with Crippen LogP contribution in [0.3, 0.4) is 0 Å². The summed E-state index contributed by atoms with van der Waals surface area (Å²) in [6, 6.07) is 1.44. The first-order chi connectivity index (χ1) is 8.56. The lowest BCUT2D eigenvalue weighted by atomic mass is 10.3. The van der Waals surface area contributed by atoms with E-state index in [-0.39, 0.29) is 5.69 Å². The van der Waals surface area contributed by atoms with Crippen molar-refractivity contribution in [3.63, 3.8) is 0 Å². The maximum Gasteiger partial charge on any atom is 0.358 e. The highest BCUT2D eigenvalue weighted by molar-refractivity contribution is 7.09. The second-order valence-corrected chi connectivity index (χ2v) is 4.96. The molecule has 0 saturated carbocycles. The molecule has 0 bridgehead atoms. The molecule has 1 N–H and O–H groups in total. The summed E-state index contributed by atoms with van der Waals surface area (Å²) in [6.07, 6.45) is 0. The van der Waals surface area contributed by atoms with Crippen molar-refractivity contribution in [2.75, 3.05) is 7.05 Å². The molecular weight excluding hydrogens is 254 g/mol. The van der Waals surface area contributed by atoms with Crippen molar-refractivity contribution in [1.29, 1.82) is 0 Å². The highest BCUT2D eigenvalue weighted by Gasteiger charge is 2.13. The first-order valence-corrected chi connectivity index (χ1v) is 6.20. The lowest BCUT2D eigenvalue weighted by Crippen LogP contribution is -2.16. The van der Waals surface area contributed by atoms with Crippen molar-refractivity contribution >= 4 is 17.3 Å². The number of aromatic carboxylic acids is 1. The van der Waals surface area contributed by atoms with Crippen molar-refractivity contribution in [2.45, 2.75) is 20.0 Å². The molecule has 0 aliphatic heterocycles. The molecule has 2 aromatic heterocycles. The van der Waals surface area contributed by atoms with E-state index in [9.17, 15) is 4.79 Å². The maximum atomic E-state index is 10.7. The molecule has 2 aromatic rings. The van der Waals surface area contributed by atoms with Gasteiger partial charge in [-0.1, -0.05) is 5.16 Å². The van der Waals surface area contributed by atoms with E-state index >= 15 is 0 Å². The SMILES string of the molecule is Cc1ncsc1CN(C)Cc1cc(C(=O)O)no1. The number of rotatable bonds is 5. The molecule has 0 amide bonds. The van der Waals surface area contributed by atoms with Crippen LogP contribution < -0.4 is 0 Å². The van der Waals surface area contributed by atoms with Crippen LogP contribution in [0.1, 0.15) is 26.8 Å². The highest BCUT2D eigenvalue weighted by Crippen LogP contribution is 2.15. The number of carboxylic acid groups (broad SMARTS) is 1. The molecule has 0 spiro atoms. The number of nitrogens with zero attached hydrogens (tertiary/aromatic N) is 3. The Balaban J connectivity index is 1.96. The van der Waals surface area contributed by atoms with Gasteiger partial charge in [0.25, 0.3) is 0 Å². The minimum Gasteiger partial charge on any atom is -0.476 e. The standard InChI is InChI=1S/C11H13N3O3S/c1-7-10(18-6-12-7)5-14(2)4-8-3-9(11(15)16)13-17-8/h3,6H,4-5H2,1-2H3,(H,15,16). The molecule has 0 aliphatic rings. The molecule has 7 heteroatoms.